The molecule has 2 N–H and O–H groups in total. The van der Waals surface area contributed by atoms with Gasteiger partial charge >= 0.3 is 0 Å². The fourth-order valence-corrected chi connectivity index (χ4v) is 6.20. The minimum Gasteiger partial charge on any atom is -0.316 e. The molecule has 2 aliphatic heterocycles. The van der Waals surface area contributed by atoms with Crippen LogP contribution >= 0.6 is 0 Å². The Hall–Kier alpha value is -0.120. The molecule has 0 aromatic rings. The highest BCUT2D eigenvalue weighted by Gasteiger charge is 2.36. The van der Waals surface area contributed by atoms with Crippen LogP contribution in [0.2, 0.25) is 0 Å². The van der Waals surface area contributed by atoms with E-state index in [0.717, 1.165) is 29.7 Å². The molecular weight excluding hydrogens is 294 g/mol. The van der Waals surface area contributed by atoms with Gasteiger partial charge in [-0.2, -0.15) is 0 Å². The largest absolute Gasteiger partial charge is 0.316 e. The van der Waals surface area contributed by atoms with Crippen molar-refractivity contribution >= 4 is 0 Å². The first-order chi connectivity index (χ1) is 11.9. The average Bonchev–Trinajstić information content (AvgIpc) is 3.12. The second kappa shape index (κ2) is 8.51. The van der Waals surface area contributed by atoms with Crippen molar-refractivity contribution in [3.63, 3.8) is 0 Å². The minimum absolute atomic E-state index is 0.785. The maximum atomic E-state index is 3.94. The topological polar surface area (TPSA) is 27.3 Å². The lowest BCUT2D eigenvalue weighted by Gasteiger charge is -2.38. The van der Waals surface area contributed by atoms with Crippen LogP contribution in [0.1, 0.15) is 77.0 Å². The van der Waals surface area contributed by atoms with Crippen molar-refractivity contribution in [2.45, 2.75) is 83.1 Å². The van der Waals surface area contributed by atoms with Crippen LogP contribution in [0, 0.1) is 23.7 Å². The quantitative estimate of drug-likeness (QED) is 0.816. The summed E-state index contributed by atoms with van der Waals surface area (Å²) in [6.45, 7) is 5.02. The molecule has 2 heterocycles. The van der Waals surface area contributed by atoms with E-state index >= 15 is 0 Å². The van der Waals surface area contributed by atoms with Crippen LogP contribution in [0.4, 0.5) is 0 Å². The third kappa shape index (κ3) is 4.34. The minimum atomic E-state index is 0.785. The lowest BCUT2D eigenvalue weighted by atomic mass is 9.69. The maximum Gasteiger partial charge on any atom is 0.0256 e. The smallest absolute Gasteiger partial charge is 0.0256 e. The van der Waals surface area contributed by atoms with Crippen molar-refractivity contribution in [2.75, 3.05) is 26.2 Å². The van der Waals surface area contributed by atoms with E-state index in [9.17, 15) is 0 Å². The number of nitrogens with one attached hydrogen (secondary N) is 2. The van der Waals surface area contributed by atoms with E-state index in [0.29, 0.717) is 0 Å². The zero-order chi connectivity index (χ0) is 16.2. The molecule has 0 bridgehead atoms. The fraction of sp³-hybridized carbons (Fsp3) is 1.00. The van der Waals surface area contributed by atoms with Crippen LogP contribution < -0.4 is 10.7 Å². The normalized spacial score (nSPS) is 40.0. The molecular formula is C21H39N3. The highest BCUT2D eigenvalue weighted by Crippen LogP contribution is 2.42. The van der Waals surface area contributed by atoms with Crippen molar-refractivity contribution in [2.24, 2.45) is 23.7 Å². The van der Waals surface area contributed by atoms with Gasteiger partial charge in [0.1, 0.15) is 0 Å². The van der Waals surface area contributed by atoms with Gasteiger partial charge in [-0.15, -0.1) is 0 Å². The summed E-state index contributed by atoms with van der Waals surface area (Å²) in [6.07, 6.45) is 17.8. The Morgan fingerprint density at radius 2 is 1.58 bits per heavy atom. The molecule has 0 aromatic carbocycles. The summed E-state index contributed by atoms with van der Waals surface area (Å²) in [5, 5.41) is 6.15. The Kier molecular flexibility index (Phi) is 6.13. The molecule has 0 spiro atoms. The van der Waals surface area contributed by atoms with Crippen LogP contribution in [0.5, 0.6) is 0 Å². The predicted octanol–water partition coefficient (Wildman–Crippen LogP) is 3.95. The molecule has 4 rings (SSSR count). The Morgan fingerprint density at radius 1 is 0.750 bits per heavy atom. The highest BCUT2D eigenvalue weighted by molar-refractivity contribution is 4.89. The van der Waals surface area contributed by atoms with Crippen molar-refractivity contribution in [1.82, 2.24) is 15.8 Å². The predicted molar refractivity (Wildman–Crippen MR) is 101 cm³/mol. The first-order valence-corrected chi connectivity index (χ1v) is 11.1. The summed E-state index contributed by atoms with van der Waals surface area (Å²) in [5.74, 6) is 3.96. The van der Waals surface area contributed by atoms with Gasteiger partial charge in [0.05, 0.1) is 0 Å². The lowest BCUT2D eigenvalue weighted by molar-refractivity contribution is 0.119. The van der Waals surface area contributed by atoms with Crippen molar-refractivity contribution in [1.29, 1.82) is 0 Å². The van der Waals surface area contributed by atoms with Crippen LogP contribution in [0.25, 0.3) is 0 Å². The van der Waals surface area contributed by atoms with Crippen LogP contribution in [-0.2, 0) is 0 Å². The van der Waals surface area contributed by atoms with E-state index in [1.807, 2.05) is 0 Å². The summed E-state index contributed by atoms with van der Waals surface area (Å²) >= 11 is 0. The third-order valence-corrected chi connectivity index (χ3v) is 7.58. The molecule has 0 aromatic heterocycles. The van der Waals surface area contributed by atoms with Gasteiger partial charge in [-0.3, -0.25) is 5.43 Å². The first-order valence-electron chi connectivity index (χ1n) is 11.1. The van der Waals surface area contributed by atoms with Gasteiger partial charge in [0.25, 0.3) is 0 Å². The van der Waals surface area contributed by atoms with Crippen LogP contribution in [0.3, 0.4) is 0 Å². The molecule has 3 heteroatoms. The number of hydrogen-bond donors (Lipinski definition) is 2. The zero-order valence-corrected chi connectivity index (χ0v) is 15.6. The summed E-state index contributed by atoms with van der Waals surface area (Å²) in [4.78, 5) is 0. The highest BCUT2D eigenvalue weighted by atomic mass is 15.5. The number of hydrogen-bond acceptors (Lipinski definition) is 3. The molecule has 4 aliphatic rings. The number of nitrogens with zero attached hydrogens (tertiary/aromatic N) is 1. The maximum absolute atomic E-state index is 3.94. The standard InChI is InChI=1S/C21H39N3/c1-2-7-18(8-3-1)19-9-4-10-20(14-19)21-11-13-24(23-21)16-17-6-5-12-22-15-17/h17-23H,1-16H2. The van der Waals surface area contributed by atoms with Crippen LogP contribution in [-0.4, -0.2) is 37.2 Å². The molecule has 4 atom stereocenters. The lowest BCUT2D eigenvalue weighted by Crippen LogP contribution is -2.45. The van der Waals surface area contributed by atoms with Gasteiger partial charge in [0.2, 0.25) is 0 Å². The molecule has 2 aliphatic carbocycles. The van der Waals surface area contributed by atoms with Crippen LogP contribution in [0.15, 0.2) is 0 Å². The molecule has 0 radical (unpaired) electrons. The van der Waals surface area contributed by atoms with Gasteiger partial charge in [0.15, 0.2) is 0 Å². The van der Waals surface area contributed by atoms with Gasteiger partial charge in [-0.05, 0) is 68.9 Å². The van der Waals surface area contributed by atoms with E-state index in [1.54, 1.807) is 0 Å². The summed E-state index contributed by atoms with van der Waals surface area (Å²) in [6, 6.07) is 0.785. The van der Waals surface area contributed by atoms with E-state index in [-0.39, 0.29) is 0 Å². The van der Waals surface area contributed by atoms with Gasteiger partial charge in [0, 0.05) is 19.1 Å². The van der Waals surface area contributed by atoms with Crippen molar-refractivity contribution in [3.8, 4) is 0 Å². The molecule has 0 amide bonds. The molecule has 2 saturated carbocycles. The molecule has 4 fully saturated rings. The Balaban J connectivity index is 1.25. The van der Waals surface area contributed by atoms with Gasteiger partial charge < -0.3 is 5.32 Å². The molecule has 24 heavy (non-hydrogen) atoms. The summed E-state index contributed by atoms with van der Waals surface area (Å²) in [5.41, 5.74) is 3.94. The summed E-state index contributed by atoms with van der Waals surface area (Å²) < 4.78 is 0. The Labute approximate surface area is 149 Å². The van der Waals surface area contributed by atoms with Crippen molar-refractivity contribution in [3.05, 3.63) is 0 Å². The van der Waals surface area contributed by atoms with E-state index in [2.05, 4.69) is 15.8 Å². The van der Waals surface area contributed by atoms with Gasteiger partial charge in [-0.25, -0.2) is 5.01 Å². The van der Waals surface area contributed by atoms with E-state index in [4.69, 9.17) is 0 Å². The fourth-order valence-electron chi connectivity index (χ4n) is 6.20. The Morgan fingerprint density at radius 3 is 2.42 bits per heavy atom. The second-order valence-electron chi connectivity index (χ2n) is 9.27. The molecule has 3 nitrogen and oxygen atoms in total. The number of rotatable bonds is 4. The average molecular weight is 334 g/mol. The molecule has 4 unspecified atom stereocenters. The SMILES string of the molecule is C1CCC(C2CCCC(C3CCN(CC4CCCNC4)N3)C2)CC1. The summed E-state index contributed by atoms with van der Waals surface area (Å²) in [7, 11) is 0. The molecule has 2 saturated heterocycles. The number of hydrazine groups is 1. The molecule has 138 valence electrons. The second-order valence-corrected chi connectivity index (χ2v) is 9.27. The third-order valence-electron chi connectivity index (χ3n) is 7.58. The zero-order valence-electron chi connectivity index (χ0n) is 15.6. The van der Waals surface area contributed by atoms with E-state index in [1.165, 1.54) is 103 Å². The van der Waals surface area contributed by atoms with E-state index < -0.39 is 0 Å². The van der Waals surface area contributed by atoms with Gasteiger partial charge in [-0.1, -0.05) is 44.9 Å². The Bertz CT molecular complexity index is 373. The first kappa shape index (κ1) is 17.3. The monoisotopic (exact) mass is 333 g/mol. The number of piperidine rings is 1. The van der Waals surface area contributed by atoms with Crippen molar-refractivity contribution < 1.29 is 0 Å².